The second-order valence-electron chi connectivity index (χ2n) is 4.00. The molecule has 66 valence electrons. The Bertz CT molecular complexity index is 234. The van der Waals surface area contributed by atoms with E-state index in [2.05, 4.69) is 0 Å². The highest BCUT2D eigenvalue weighted by molar-refractivity contribution is 5.81. The fourth-order valence-electron chi connectivity index (χ4n) is 2.28. The van der Waals surface area contributed by atoms with E-state index in [1.54, 1.807) is 0 Å². The third-order valence-corrected chi connectivity index (χ3v) is 3.29. The molecule has 0 amide bonds. The molecule has 1 atom stereocenters. The molecular weight excluding hydrogens is 156 g/mol. The maximum atomic E-state index is 10.9. The first-order valence-corrected chi connectivity index (χ1v) is 4.39. The summed E-state index contributed by atoms with van der Waals surface area (Å²) in [7, 11) is 0. The first-order chi connectivity index (χ1) is 5.64. The Balaban J connectivity index is 1.99. The number of carboxylic acids is 1. The SMILES string of the molecule is O=C1CCC2(CC1)CC2C(=O)O. The van der Waals surface area contributed by atoms with E-state index in [0.29, 0.717) is 18.6 Å². The van der Waals surface area contributed by atoms with E-state index in [1.165, 1.54) is 0 Å². The standard InChI is InChI=1S/C9H12O3/c10-6-1-3-9(4-2-6)5-7(9)8(11)12/h7H,1-5H2,(H,11,12). The van der Waals surface area contributed by atoms with Crippen molar-refractivity contribution in [1.29, 1.82) is 0 Å². The summed E-state index contributed by atoms with van der Waals surface area (Å²) in [5.74, 6) is -0.522. The molecule has 2 saturated carbocycles. The van der Waals surface area contributed by atoms with Gasteiger partial charge in [-0.25, -0.2) is 0 Å². The molecule has 2 aliphatic rings. The minimum Gasteiger partial charge on any atom is -0.481 e. The van der Waals surface area contributed by atoms with E-state index >= 15 is 0 Å². The van der Waals surface area contributed by atoms with Crippen LogP contribution in [0.2, 0.25) is 0 Å². The minimum atomic E-state index is -0.677. The molecule has 0 bridgehead atoms. The topological polar surface area (TPSA) is 54.4 Å². The molecule has 3 nitrogen and oxygen atoms in total. The highest BCUT2D eigenvalue weighted by Gasteiger charge is 2.58. The van der Waals surface area contributed by atoms with E-state index in [9.17, 15) is 9.59 Å². The van der Waals surface area contributed by atoms with Gasteiger partial charge in [0.1, 0.15) is 5.78 Å². The lowest BCUT2D eigenvalue weighted by atomic mass is 9.84. The molecule has 0 aromatic heterocycles. The van der Waals surface area contributed by atoms with Crippen LogP contribution in [0.4, 0.5) is 0 Å². The van der Waals surface area contributed by atoms with Gasteiger partial charge in [0.25, 0.3) is 0 Å². The molecule has 2 rings (SSSR count). The van der Waals surface area contributed by atoms with Crippen LogP contribution in [0.1, 0.15) is 32.1 Å². The third kappa shape index (κ3) is 1.04. The Morgan fingerprint density at radius 2 is 2.00 bits per heavy atom. The average Bonchev–Trinajstić information content (AvgIpc) is 2.72. The summed E-state index contributed by atoms with van der Waals surface area (Å²) >= 11 is 0. The molecule has 0 heterocycles. The lowest BCUT2D eigenvalue weighted by Gasteiger charge is -2.20. The van der Waals surface area contributed by atoms with Crippen LogP contribution in [0.5, 0.6) is 0 Å². The molecule has 0 saturated heterocycles. The first kappa shape index (κ1) is 7.77. The maximum Gasteiger partial charge on any atom is 0.307 e. The Hall–Kier alpha value is -0.860. The van der Waals surface area contributed by atoms with Gasteiger partial charge in [0.2, 0.25) is 0 Å². The monoisotopic (exact) mass is 168 g/mol. The highest BCUT2D eigenvalue weighted by atomic mass is 16.4. The summed E-state index contributed by atoms with van der Waals surface area (Å²) in [6.07, 6.45) is 3.62. The molecule has 0 aromatic carbocycles. The average molecular weight is 168 g/mol. The summed E-state index contributed by atoms with van der Waals surface area (Å²) in [6.45, 7) is 0. The fraction of sp³-hybridized carbons (Fsp3) is 0.778. The van der Waals surface area contributed by atoms with Gasteiger partial charge in [-0.1, -0.05) is 0 Å². The number of hydrogen-bond donors (Lipinski definition) is 1. The zero-order valence-electron chi connectivity index (χ0n) is 6.88. The maximum absolute atomic E-state index is 10.9. The van der Waals surface area contributed by atoms with E-state index in [-0.39, 0.29) is 11.3 Å². The lowest BCUT2D eigenvalue weighted by Crippen LogP contribution is -2.19. The van der Waals surface area contributed by atoms with Crippen LogP contribution in [0.3, 0.4) is 0 Å². The number of rotatable bonds is 1. The molecule has 1 spiro atoms. The molecule has 12 heavy (non-hydrogen) atoms. The van der Waals surface area contributed by atoms with Crippen LogP contribution < -0.4 is 0 Å². The van der Waals surface area contributed by atoms with Crippen molar-refractivity contribution in [3.63, 3.8) is 0 Å². The third-order valence-electron chi connectivity index (χ3n) is 3.29. The molecule has 0 aromatic rings. The Morgan fingerprint density at radius 1 is 1.42 bits per heavy atom. The molecule has 2 fully saturated rings. The highest BCUT2D eigenvalue weighted by Crippen LogP contribution is 2.60. The van der Waals surface area contributed by atoms with Gasteiger partial charge in [-0.3, -0.25) is 9.59 Å². The van der Waals surface area contributed by atoms with E-state index < -0.39 is 5.97 Å². The van der Waals surface area contributed by atoms with Crippen molar-refractivity contribution in [3.05, 3.63) is 0 Å². The van der Waals surface area contributed by atoms with Crippen LogP contribution >= 0.6 is 0 Å². The van der Waals surface area contributed by atoms with Gasteiger partial charge < -0.3 is 5.11 Å². The van der Waals surface area contributed by atoms with Crippen LogP contribution in [0.25, 0.3) is 0 Å². The van der Waals surface area contributed by atoms with Gasteiger partial charge in [-0.15, -0.1) is 0 Å². The number of hydrogen-bond acceptors (Lipinski definition) is 2. The van der Waals surface area contributed by atoms with Gasteiger partial charge in [0.05, 0.1) is 5.92 Å². The largest absolute Gasteiger partial charge is 0.481 e. The summed E-state index contributed by atoms with van der Waals surface area (Å²) in [6, 6.07) is 0. The fourth-order valence-corrected chi connectivity index (χ4v) is 2.28. The lowest BCUT2D eigenvalue weighted by molar-refractivity contribution is -0.140. The smallest absolute Gasteiger partial charge is 0.307 e. The van der Waals surface area contributed by atoms with Crippen molar-refractivity contribution >= 4 is 11.8 Å². The summed E-state index contributed by atoms with van der Waals surface area (Å²) in [4.78, 5) is 21.5. The number of ketones is 1. The Morgan fingerprint density at radius 3 is 2.42 bits per heavy atom. The van der Waals surface area contributed by atoms with Gasteiger partial charge in [-0.05, 0) is 24.7 Å². The van der Waals surface area contributed by atoms with Crippen molar-refractivity contribution in [2.75, 3.05) is 0 Å². The van der Waals surface area contributed by atoms with Crippen molar-refractivity contribution in [2.45, 2.75) is 32.1 Å². The number of carbonyl (C=O) groups excluding carboxylic acids is 1. The van der Waals surface area contributed by atoms with Gasteiger partial charge in [-0.2, -0.15) is 0 Å². The van der Waals surface area contributed by atoms with Crippen molar-refractivity contribution in [3.8, 4) is 0 Å². The second-order valence-corrected chi connectivity index (χ2v) is 4.00. The molecule has 1 unspecified atom stereocenters. The van der Waals surface area contributed by atoms with Gasteiger partial charge >= 0.3 is 5.97 Å². The summed E-state index contributed by atoms with van der Waals surface area (Å²) in [5, 5.41) is 8.75. The molecule has 2 aliphatic carbocycles. The van der Waals surface area contributed by atoms with E-state index in [0.717, 1.165) is 19.3 Å². The van der Waals surface area contributed by atoms with E-state index in [4.69, 9.17) is 5.11 Å². The van der Waals surface area contributed by atoms with Crippen molar-refractivity contribution in [1.82, 2.24) is 0 Å². The van der Waals surface area contributed by atoms with E-state index in [1.807, 2.05) is 0 Å². The first-order valence-electron chi connectivity index (χ1n) is 4.39. The number of Topliss-reactive ketones (excluding diaryl/α,β-unsaturated/α-hetero) is 1. The van der Waals surface area contributed by atoms with Crippen molar-refractivity contribution < 1.29 is 14.7 Å². The number of carbonyl (C=O) groups is 2. The van der Waals surface area contributed by atoms with Gasteiger partial charge in [0.15, 0.2) is 0 Å². The normalized spacial score (nSPS) is 32.0. The minimum absolute atomic E-state index is 0.0275. The van der Waals surface area contributed by atoms with Crippen LogP contribution in [-0.4, -0.2) is 16.9 Å². The second kappa shape index (κ2) is 2.31. The molecule has 3 heteroatoms. The Labute approximate surface area is 70.8 Å². The summed E-state index contributed by atoms with van der Waals surface area (Å²) in [5.41, 5.74) is 0.0275. The zero-order chi connectivity index (χ0) is 8.77. The predicted molar refractivity (Wildman–Crippen MR) is 41.7 cm³/mol. The number of carboxylic acid groups (broad SMARTS) is 1. The molecule has 1 N–H and O–H groups in total. The van der Waals surface area contributed by atoms with Crippen molar-refractivity contribution in [2.24, 2.45) is 11.3 Å². The van der Waals surface area contributed by atoms with Crippen LogP contribution in [0.15, 0.2) is 0 Å². The molecule has 0 aliphatic heterocycles. The quantitative estimate of drug-likeness (QED) is 0.640. The van der Waals surface area contributed by atoms with Crippen LogP contribution in [-0.2, 0) is 9.59 Å². The van der Waals surface area contributed by atoms with Gasteiger partial charge in [0, 0.05) is 12.8 Å². The summed E-state index contributed by atoms with van der Waals surface area (Å²) < 4.78 is 0. The zero-order valence-corrected chi connectivity index (χ0v) is 6.88. The number of aliphatic carboxylic acids is 1. The molecule has 0 radical (unpaired) electrons. The van der Waals surface area contributed by atoms with Crippen LogP contribution in [0, 0.1) is 11.3 Å². The molecular formula is C9H12O3. The Kier molecular flexibility index (Phi) is 1.50. The predicted octanol–water partition coefficient (Wildman–Crippen LogP) is 1.22.